The predicted molar refractivity (Wildman–Crippen MR) is 89.9 cm³/mol. The maximum absolute atomic E-state index is 13.8. The van der Waals surface area contributed by atoms with E-state index in [-0.39, 0.29) is 17.2 Å². The Hall–Kier alpha value is -2.42. The molecule has 0 spiro atoms. The Balaban J connectivity index is 1.42. The van der Waals surface area contributed by atoms with Gasteiger partial charge in [0.15, 0.2) is 11.6 Å². The van der Waals surface area contributed by atoms with Crippen LogP contribution in [0.5, 0.6) is 0 Å². The molecule has 1 saturated carbocycles. The van der Waals surface area contributed by atoms with Crippen LogP contribution in [-0.2, 0) is 22.3 Å². The second-order valence-electron chi connectivity index (χ2n) is 6.21. The van der Waals surface area contributed by atoms with Gasteiger partial charge in [-0.2, -0.15) is 5.10 Å². The van der Waals surface area contributed by atoms with Crippen molar-refractivity contribution in [1.29, 1.82) is 0 Å². The third-order valence-electron chi connectivity index (χ3n) is 4.34. The molecular weight excluding hydrogens is 362 g/mol. The van der Waals surface area contributed by atoms with Crippen LogP contribution < -0.4 is 0 Å². The molecule has 1 atom stereocenters. The van der Waals surface area contributed by atoms with E-state index in [1.807, 2.05) is 0 Å². The van der Waals surface area contributed by atoms with Gasteiger partial charge < -0.3 is 4.42 Å². The van der Waals surface area contributed by atoms with Crippen molar-refractivity contribution >= 4 is 10.8 Å². The van der Waals surface area contributed by atoms with Crippen molar-refractivity contribution < 1.29 is 17.4 Å². The van der Waals surface area contributed by atoms with E-state index in [9.17, 15) is 13.0 Å². The number of para-hydroxylation sites is 1. The third-order valence-corrected chi connectivity index (χ3v) is 5.53. The smallest absolute Gasteiger partial charge is 0.229 e. The standard InChI is InChI=1S/C17H16F2N4O2S/c18-13-5-2-6-14(19)16(13)23-8-7-12(22-23)9-26(24)10-15-20-21-17(25-15)11-3-1-4-11/h2,5-8,11H,1,3-4,9-10H2. The van der Waals surface area contributed by atoms with E-state index >= 15 is 0 Å². The Kier molecular flexibility index (Phi) is 4.62. The zero-order valence-corrected chi connectivity index (χ0v) is 14.6. The Morgan fingerprint density at radius 3 is 2.62 bits per heavy atom. The second kappa shape index (κ2) is 7.06. The first-order valence-electron chi connectivity index (χ1n) is 8.26. The summed E-state index contributed by atoms with van der Waals surface area (Å²) in [7, 11) is -1.32. The molecule has 2 heterocycles. The van der Waals surface area contributed by atoms with E-state index in [0.29, 0.717) is 23.4 Å². The van der Waals surface area contributed by atoms with E-state index in [1.165, 1.54) is 18.7 Å². The Labute approximate surface area is 150 Å². The second-order valence-corrected chi connectivity index (χ2v) is 7.67. The number of hydrogen-bond acceptors (Lipinski definition) is 5. The molecule has 0 aliphatic heterocycles. The number of benzene rings is 1. The summed E-state index contributed by atoms with van der Waals surface area (Å²) >= 11 is 0. The summed E-state index contributed by atoms with van der Waals surface area (Å²) in [6.07, 6.45) is 4.71. The molecule has 26 heavy (non-hydrogen) atoms. The van der Waals surface area contributed by atoms with Crippen LogP contribution >= 0.6 is 0 Å². The minimum absolute atomic E-state index is 0.126. The number of halogens is 2. The molecule has 2 aromatic heterocycles. The number of aromatic nitrogens is 4. The number of nitrogens with zero attached hydrogens (tertiary/aromatic N) is 4. The van der Waals surface area contributed by atoms with Crippen LogP contribution in [0.15, 0.2) is 34.9 Å². The molecule has 9 heteroatoms. The van der Waals surface area contributed by atoms with E-state index in [0.717, 1.165) is 29.7 Å². The molecular formula is C17H16F2N4O2S. The Morgan fingerprint density at radius 1 is 1.15 bits per heavy atom. The van der Waals surface area contributed by atoms with Crippen molar-refractivity contribution in [1.82, 2.24) is 20.0 Å². The lowest BCUT2D eigenvalue weighted by molar-refractivity contribution is 0.328. The van der Waals surface area contributed by atoms with Crippen molar-refractivity contribution in [2.75, 3.05) is 0 Å². The van der Waals surface area contributed by atoms with Gasteiger partial charge in [0.1, 0.15) is 11.4 Å². The molecule has 0 saturated heterocycles. The normalized spacial score (nSPS) is 15.8. The van der Waals surface area contributed by atoms with Gasteiger partial charge in [-0.25, -0.2) is 13.5 Å². The number of hydrogen-bond donors (Lipinski definition) is 0. The van der Waals surface area contributed by atoms with Gasteiger partial charge in [-0.3, -0.25) is 4.21 Å². The summed E-state index contributed by atoms with van der Waals surface area (Å²) in [5, 5.41) is 12.1. The van der Waals surface area contributed by atoms with E-state index in [4.69, 9.17) is 4.42 Å². The lowest BCUT2D eigenvalue weighted by Crippen LogP contribution is -2.08. The molecule has 0 bridgehead atoms. The van der Waals surface area contributed by atoms with Crippen LogP contribution in [0.3, 0.4) is 0 Å². The third kappa shape index (κ3) is 3.44. The molecule has 0 amide bonds. The fourth-order valence-corrected chi connectivity index (χ4v) is 3.75. The topological polar surface area (TPSA) is 73.8 Å². The zero-order valence-electron chi connectivity index (χ0n) is 13.8. The van der Waals surface area contributed by atoms with Crippen molar-refractivity contribution in [3.05, 3.63) is 59.6 Å². The van der Waals surface area contributed by atoms with Gasteiger partial charge >= 0.3 is 0 Å². The van der Waals surface area contributed by atoms with Gasteiger partial charge in [-0.1, -0.05) is 12.5 Å². The van der Waals surface area contributed by atoms with Gasteiger partial charge in [0.05, 0.1) is 11.4 Å². The van der Waals surface area contributed by atoms with Crippen LogP contribution in [-0.4, -0.2) is 24.2 Å². The highest BCUT2D eigenvalue weighted by Gasteiger charge is 2.25. The maximum atomic E-state index is 13.8. The molecule has 136 valence electrons. The van der Waals surface area contributed by atoms with E-state index in [2.05, 4.69) is 15.3 Å². The van der Waals surface area contributed by atoms with Crippen molar-refractivity contribution in [3.8, 4) is 5.69 Å². The van der Waals surface area contributed by atoms with Crippen LogP contribution in [0.2, 0.25) is 0 Å². The quantitative estimate of drug-likeness (QED) is 0.658. The lowest BCUT2D eigenvalue weighted by atomic mass is 9.85. The largest absolute Gasteiger partial charge is 0.424 e. The number of rotatable bonds is 6. The molecule has 1 aliphatic carbocycles. The van der Waals surface area contributed by atoms with Crippen molar-refractivity contribution in [2.24, 2.45) is 0 Å². The molecule has 1 fully saturated rings. The predicted octanol–water partition coefficient (Wildman–Crippen LogP) is 3.25. The molecule has 6 nitrogen and oxygen atoms in total. The Morgan fingerprint density at radius 2 is 1.92 bits per heavy atom. The first-order valence-corrected chi connectivity index (χ1v) is 9.75. The fraction of sp³-hybridized carbons (Fsp3) is 0.353. The summed E-state index contributed by atoms with van der Waals surface area (Å²) in [5.41, 5.74) is 0.205. The average Bonchev–Trinajstić information content (AvgIpc) is 3.16. The summed E-state index contributed by atoms with van der Waals surface area (Å²) < 4.78 is 46.6. The summed E-state index contributed by atoms with van der Waals surface area (Å²) in [6.45, 7) is 0. The van der Waals surface area contributed by atoms with Crippen LogP contribution in [0.4, 0.5) is 8.78 Å². The molecule has 4 rings (SSSR count). The van der Waals surface area contributed by atoms with E-state index < -0.39 is 22.4 Å². The minimum Gasteiger partial charge on any atom is -0.424 e. The summed E-state index contributed by atoms with van der Waals surface area (Å²) in [5.74, 6) is 0.110. The highest BCUT2D eigenvalue weighted by atomic mass is 32.2. The summed E-state index contributed by atoms with van der Waals surface area (Å²) in [6, 6.07) is 5.19. The molecule has 3 aromatic rings. The SMILES string of the molecule is O=S(Cc1ccn(-c2c(F)cccc2F)n1)Cc1nnc(C2CCC2)o1. The minimum atomic E-state index is -1.32. The Bertz CT molecular complexity index is 932. The van der Waals surface area contributed by atoms with Gasteiger partial charge in [-0.05, 0) is 31.0 Å². The molecule has 0 N–H and O–H groups in total. The van der Waals surface area contributed by atoms with Crippen LogP contribution in [0.1, 0.15) is 42.7 Å². The van der Waals surface area contributed by atoms with Crippen molar-refractivity contribution in [2.45, 2.75) is 36.7 Å². The maximum Gasteiger partial charge on any atom is 0.229 e. The fourth-order valence-electron chi connectivity index (χ4n) is 2.77. The van der Waals surface area contributed by atoms with Gasteiger partial charge in [0, 0.05) is 22.9 Å². The van der Waals surface area contributed by atoms with Crippen LogP contribution in [0, 0.1) is 11.6 Å². The van der Waals surface area contributed by atoms with E-state index in [1.54, 1.807) is 6.07 Å². The summed E-state index contributed by atoms with van der Waals surface area (Å²) in [4.78, 5) is 0. The first kappa shape index (κ1) is 17.0. The molecule has 0 radical (unpaired) electrons. The van der Waals surface area contributed by atoms with Gasteiger partial charge in [-0.15, -0.1) is 10.2 Å². The monoisotopic (exact) mass is 378 g/mol. The molecule has 1 aromatic carbocycles. The van der Waals surface area contributed by atoms with Gasteiger partial charge in [0.25, 0.3) is 0 Å². The molecule has 1 unspecified atom stereocenters. The highest BCUT2D eigenvalue weighted by molar-refractivity contribution is 7.83. The van der Waals surface area contributed by atoms with Crippen molar-refractivity contribution in [3.63, 3.8) is 0 Å². The average molecular weight is 378 g/mol. The lowest BCUT2D eigenvalue weighted by Gasteiger charge is -2.20. The zero-order chi connectivity index (χ0) is 18.1. The first-order chi connectivity index (χ1) is 12.6. The highest BCUT2D eigenvalue weighted by Crippen LogP contribution is 2.35. The molecule has 1 aliphatic rings. The van der Waals surface area contributed by atoms with Gasteiger partial charge in [0.2, 0.25) is 11.8 Å². The van der Waals surface area contributed by atoms with Crippen LogP contribution in [0.25, 0.3) is 5.69 Å².